The van der Waals surface area contributed by atoms with E-state index in [1.54, 1.807) is 37.3 Å². The van der Waals surface area contributed by atoms with Gasteiger partial charge in [-0.25, -0.2) is 0 Å². The van der Waals surface area contributed by atoms with E-state index in [-0.39, 0.29) is 0 Å². The van der Waals surface area contributed by atoms with E-state index in [4.69, 9.17) is 46.4 Å². The summed E-state index contributed by atoms with van der Waals surface area (Å²) < 4.78 is -1.15. The maximum absolute atomic E-state index is 11.1. The topological polar surface area (TPSA) is 29.1 Å². The van der Waals surface area contributed by atoms with Crippen molar-refractivity contribution >= 4 is 64.5 Å². The van der Waals surface area contributed by atoms with Gasteiger partial charge in [0.2, 0.25) is 0 Å². The molecule has 0 aliphatic rings. The largest absolute Gasteiger partial charge is 0.359 e. The van der Waals surface area contributed by atoms with Crippen molar-refractivity contribution in [2.24, 2.45) is 0 Å². The Morgan fingerprint density at radius 2 is 1.81 bits per heavy atom. The van der Waals surface area contributed by atoms with Crippen molar-refractivity contribution < 1.29 is 4.79 Å². The molecule has 2 aromatic rings. The van der Waals surface area contributed by atoms with E-state index in [1.807, 2.05) is 12.1 Å². The second-order valence-corrected chi connectivity index (χ2v) is 8.46. The first kappa shape index (κ1) is 20.9. The molecule has 0 aliphatic heterocycles. The lowest BCUT2D eigenvalue weighted by atomic mass is 9.91. The van der Waals surface area contributed by atoms with Crippen LogP contribution in [0.4, 0.5) is 5.69 Å². The van der Waals surface area contributed by atoms with E-state index in [2.05, 4.69) is 18.5 Å². The van der Waals surface area contributed by atoms with Gasteiger partial charge in [0, 0.05) is 22.0 Å². The minimum atomic E-state index is -1.15. The maximum Gasteiger partial charge on any atom is 0.151 e. The molecule has 0 bridgehead atoms. The van der Waals surface area contributed by atoms with Crippen LogP contribution in [0, 0.1) is 0 Å². The van der Waals surface area contributed by atoms with Crippen LogP contribution in [0.5, 0.6) is 0 Å². The highest BCUT2D eigenvalue weighted by molar-refractivity contribution is 6.49. The minimum Gasteiger partial charge on any atom is -0.359 e. The van der Waals surface area contributed by atoms with E-state index in [0.717, 1.165) is 11.1 Å². The standard InChI is InChI=1S/C20H17Cl4NO/c1-4-13-5-6-14(10-18(13)22)19(20(3,23)24)12(2)25-16-7-8-17(21)15(9-16)11-26/h4-11,19,25H,1-2H2,3H3. The number of halogens is 4. The molecule has 0 amide bonds. The predicted octanol–water partition coefficient (Wildman–Crippen LogP) is 7.35. The lowest BCUT2D eigenvalue weighted by Crippen LogP contribution is -2.25. The van der Waals surface area contributed by atoms with Gasteiger partial charge in [0.25, 0.3) is 0 Å². The molecule has 0 saturated carbocycles. The SMILES string of the molecule is C=Cc1ccc(C(C(=C)Nc2ccc(Cl)c(C=O)c2)C(C)(Cl)Cl)cc1Cl. The van der Waals surface area contributed by atoms with E-state index >= 15 is 0 Å². The molecule has 136 valence electrons. The van der Waals surface area contributed by atoms with Crippen molar-refractivity contribution in [2.45, 2.75) is 17.2 Å². The zero-order valence-electron chi connectivity index (χ0n) is 14.0. The summed E-state index contributed by atoms with van der Waals surface area (Å²) in [6, 6.07) is 10.5. The Balaban J connectivity index is 2.38. The Hall–Kier alpha value is -1.45. The van der Waals surface area contributed by atoms with Gasteiger partial charge in [0.05, 0.1) is 10.9 Å². The number of alkyl halides is 2. The van der Waals surface area contributed by atoms with Crippen molar-refractivity contribution in [3.8, 4) is 0 Å². The van der Waals surface area contributed by atoms with Crippen LogP contribution in [0.1, 0.15) is 34.3 Å². The third-order valence-corrected chi connectivity index (χ3v) is 4.97. The second-order valence-electron chi connectivity index (χ2n) is 5.88. The second kappa shape index (κ2) is 8.49. The van der Waals surface area contributed by atoms with E-state index in [9.17, 15) is 4.79 Å². The fourth-order valence-electron chi connectivity index (χ4n) is 2.66. The number of allylic oxidation sites excluding steroid dienone is 1. The number of carbonyl (C=O) groups is 1. The molecule has 0 saturated heterocycles. The average Bonchev–Trinajstić information content (AvgIpc) is 2.55. The zero-order chi connectivity index (χ0) is 19.5. The number of anilines is 1. The third-order valence-electron chi connectivity index (χ3n) is 3.86. The summed E-state index contributed by atoms with van der Waals surface area (Å²) in [6.07, 6.45) is 2.36. The van der Waals surface area contributed by atoms with Crippen molar-refractivity contribution in [3.05, 3.63) is 82.0 Å². The fourth-order valence-corrected chi connectivity index (χ4v) is 3.60. The van der Waals surface area contributed by atoms with Crippen molar-refractivity contribution in [1.29, 1.82) is 0 Å². The Bertz CT molecular complexity index is 855. The molecule has 6 heteroatoms. The normalized spacial score (nSPS) is 12.3. The molecular weight excluding hydrogens is 412 g/mol. The van der Waals surface area contributed by atoms with Gasteiger partial charge in [0.15, 0.2) is 6.29 Å². The van der Waals surface area contributed by atoms with Gasteiger partial charge in [-0.2, -0.15) is 0 Å². The van der Waals surface area contributed by atoms with Gasteiger partial charge in [-0.3, -0.25) is 4.79 Å². The fraction of sp³-hybridized carbons (Fsp3) is 0.150. The van der Waals surface area contributed by atoms with Crippen LogP contribution in [0.3, 0.4) is 0 Å². The number of rotatable bonds is 7. The van der Waals surface area contributed by atoms with Crippen LogP contribution in [0.2, 0.25) is 10.0 Å². The molecule has 1 atom stereocenters. The number of benzene rings is 2. The highest BCUT2D eigenvalue weighted by Crippen LogP contribution is 2.43. The quantitative estimate of drug-likeness (QED) is 0.368. The van der Waals surface area contributed by atoms with E-state index < -0.39 is 10.3 Å². The van der Waals surface area contributed by atoms with Gasteiger partial charge in [-0.15, -0.1) is 23.2 Å². The molecule has 0 heterocycles. The molecule has 0 aromatic heterocycles. The highest BCUT2D eigenvalue weighted by atomic mass is 35.5. The third kappa shape index (κ3) is 4.83. The maximum atomic E-state index is 11.1. The van der Waals surface area contributed by atoms with Crippen LogP contribution < -0.4 is 5.32 Å². The summed E-state index contributed by atoms with van der Waals surface area (Å²) >= 11 is 25.1. The summed E-state index contributed by atoms with van der Waals surface area (Å²) in [4.78, 5) is 11.1. The number of aldehydes is 1. The molecule has 2 nitrogen and oxygen atoms in total. The number of hydrogen-bond acceptors (Lipinski definition) is 2. The number of carbonyl (C=O) groups excluding carboxylic acids is 1. The Labute approximate surface area is 173 Å². The first-order chi connectivity index (χ1) is 12.2. The molecule has 1 unspecified atom stereocenters. The molecule has 0 fully saturated rings. The Kier molecular flexibility index (Phi) is 6.81. The zero-order valence-corrected chi connectivity index (χ0v) is 17.1. The first-order valence-corrected chi connectivity index (χ1v) is 9.18. The molecule has 0 aliphatic carbocycles. The molecule has 0 radical (unpaired) electrons. The van der Waals surface area contributed by atoms with Crippen molar-refractivity contribution in [3.63, 3.8) is 0 Å². The molecular formula is C20H17Cl4NO. The molecule has 26 heavy (non-hydrogen) atoms. The lowest BCUT2D eigenvalue weighted by Gasteiger charge is -2.30. The van der Waals surface area contributed by atoms with Gasteiger partial charge < -0.3 is 5.32 Å². The summed E-state index contributed by atoms with van der Waals surface area (Å²) in [6.45, 7) is 9.48. The Morgan fingerprint density at radius 3 is 2.35 bits per heavy atom. The minimum absolute atomic E-state index is 0.374. The summed E-state index contributed by atoms with van der Waals surface area (Å²) in [5.74, 6) is -0.461. The van der Waals surface area contributed by atoms with E-state index in [1.165, 1.54) is 0 Å². The molecule has 2 rings (SSSR count). The van der Waals surface area contributed by atoms with E-state index in [0.29, 0.717) is 33.3 Å². The summed E-state index contributed by atoms with van der Waals surface area (Å²) in [7, 11) is 0. The van der Waals surface area contributed by atoms with Crippen molar-refractivity contribution in [2.75, 3.05) is 5.32 Å². The van der Waals surface area contributed by atoms with Crippen molar-refractivity contribution in [1.82, 2.24) is 0 Å². The number of hydrogen-bond donors (Lipinski definition) is 1. The summed E-state index contributed by atoms with van der Waals surface area (Å²) in [5, 5.41) is 4.07. The average molecular weight is 429 g/mol. The van der Waals surface area contributed by atoms with Gasteiger partial charge in [-0.1, -0.05) is 54.6 Å². The van der Waals surface area contributed by atoms with Crippen LogP contribution in [0.15, 0.2) is 55.3 Å². The Morgan fingerprint density at radius 1 is 1.12 bits per heavy atom. The lowest BCUT2D eigenvalue weighted by molar-refractivity contribution is 0.112. The molecule has 0 spiro atoms. The molecule has 1 N–H and O–H groups in total. The van der Waals surface area contributed by atoms with Crippen LogP contribution >= 0.6 is 46.4 Å². The van der Waals surface area contributed by atoms with Crippen LogP contribution in [-0.2, 0) is 0 Å². The van der Waals surface area contributed by atoms with Gasteiger partial charge >= 0.3 is 0 Å². The summed E-state index contributed by atoms with van der Waals surface area (Å²) in [5.41, 5.74) is 3.19. The highest BCUT2D eigenvalue weighted by Gasteiger charge is 2.34. The van der Waals surface area contributed by atoms with Crippen LogP contribution in [0.25, 0.3) is 6.08 Å². The van der Waals surface area contributed by atoms with Gasteiger partial charge in [-0.05, 0) is 42.3 Å². The first-order valence-electron chi connectivity index (χ1n) is 7.67. The smallest absolute Gasteiger partial charge is 0.151 e. The van der Waals surface area contributed by atoms with Crippen LogP contribution in [-0.4, -0.2) is 10.6 Å². The number of nitrogens with one attached hydrogen (secondary N) is 1. The predicted molar refractivity (Wildman–Crippen MR) is 114 cm³/mol. The van der Waals surface area contributed by atoms with Gasteiger partial charge in [0.1, 0.15) is 4.33 Å². The monoisotopic (exact) mass is 427 g/mol. The molecule has 2 aromatic carbocycles.